The van der Waals surface area contributed by atoms with E-state index in [9.17, 15) is 4.79 Å². The van der Waals surface area contributed by atoms with E-state index in [1.165, 1.54) is 0 Å². The molecule has 0 atom stereocenters. The van der Waals surface area contributed by atoms with Crippen LogP contribution in [0.15, 0.2) is 42.6 Å². The molecule has 6 heteroatoms. The largest absolute Gasteiger partial charge is 0.456 e. The number of hydrogen-bond donors (Lipinski definition) is 1. The average molecular weight is 313 g/mol. The maximum absolute atomic E-state index is 12.3. The molecule has 0 saturated carbocycles. The Hall–Kier alpha value is -2.44. The number of nitrogens with two attached hydrogens (primary N) is 1. The van der Waals surface area contributed by atoms with Crippen molar-refractivity contribution in [2.75, 3.05) is 38.6 Å². The normalized spacial score (nSPS) is 15.3. The fourth-order valence-corrected chi connectivity index (χ4v) is 2.35. The van der Waals surface area contributed by atoms with E-state index >= 15 is 0 Å². The predicted octanol–water partition coefficient (Wildman–Crippen LogP) is 1.97. The Bertz CT molecular complexity index is 650. The summed E-state index contributed by atoms with van der Waals surface area (Å²) >= 11 is 0. The maximum atomic E-state index is 12.3. The molecule has 1 aromatic carbocycles. The van der Waals surface area contributed by atoms with Gasteiger partial charge >= 0.3 is 0 Å². The standard InChI is InChI=1S/C17H19N3O3/c18-17-6-5-15(11-19-17)23-14-3-1-13(2-4-14)16(21)12-20-7-9-22-10-8-20/h1-6,11H,7-10,12H2,(H2,18,19). The quantitative estimate of drug-likeness (QED) is 0.850. The van der Waals surface area contributed by atoms with E-state index in [0.29, 0.717) is 42.6 Å². The Balaban J connectivity index is 1.59. The number of Topliss-reactive ketones (excluding diaryl/α,β-unsaturated/α-hetero) is 1. The fraction of sp³-hybridized carbons (Fsp3) is 0.294. The zero-order valence-electron chi connectivity index (χ0n) is 12.8. The molecule has 3 rings (SSSR count). The van der Waals surface area contributed by atoms with Crippen LogP contribution < -0.4 is 10.5 Å². The van der Waals surface area contributed by atoms with Crippen LogP contribution in [-0.4, -0.2) is 48.5 Å². The maximum Gasteiger partial charge on any atom is 0.176 e. The summed E-state index contributed by atoms with van der Waals surface area (Å²) in [4.78, 5) is 18.3. The van der Waals surface area contributed by atoms with E-state index in [2.05, 4.69) is 9.88 Å². The zero-order chi connectivity index (χ0) is 16.1. The van der Waals surface area contributed by atoms with Gasteiger partial charge in [0.15, 0.2) is 5.78 Å². The van der Waals surface area contributed by atoms with E-state index in [-0.39, 0.29) is 5.78 Å². The highest BCUT2D eigenvalue weighted by molar-refractivity contribution is 5.97. The van der Waals surface area contributed by atoms with Crippen molar-refractivity contribution in [3.63, 3.8) is 0 Å². The van der Waals surface area contributed by atoms with Gasteiger partial charge in [-0.2, -0.15) is 0 Å². The van der Waals surface area contributed by atoms with Crippen LogP contribution in [-0.2, 0) is 4.74 Å². The second kappa shape index (κ2) is 7.21. The summed E-state index contributed by atoms with van der Waals surface area (Å²) in [6.07, 6.45) is 1.56. The van der Waals surface area contributed by atoms with Crippen LogP contribution in [0.5, 0.6) is 11.5 Å². The number of morpholine rings is 1. The molecule has 2 aromatic rings. The highest BCUT2D eigenvalue weighted by Crippen LogP contribution is 2.21. The number of nitrogen functional groups attached to an aromatic ring is 1. The van der Waals surface area contributed by atoms with E-state index in [1.54, 1.807) is 42.6 Å². The second-order valence-corrected chi connectivity index (χ2v) is 5.36. The molecule has 23 heavy (non-hydrogen) atoms. The van der Waals surface area contributed by atoms with Gasteiger partial charge in [-0.1, -0.05) is 0 Å². The Kier molecular flexibility index (Phi) is 4.85. The number of pyridine rings is 1. The SMILES string of the molecule is Nc1ccc(Oc2ccc(C(=O)CN3CCOCC3)cc2)cn1. The first-order chi connectivity index (χ1) is 11.2. The van der Waals surface area contributed by atoms with Crippen LogP contribution in [0.25, 0.3) is 0 Å². The van der Waals surface area contributed by atoms with Gasteiger partial charge in [0.1, 0.15) is 17.3 Å². The zero-order valence-corrected chi connectivity index (χ0v) is 12.8. The van der Waals surface area contributed by atoms with Gasteiger partial charge in [-0.3, -0.25) is 9.69 Å². The summed E-state index contributed by atoms with van der Waals surface area (Å²) in [7, 11) is 0. The van der Waals surface area contributed by atoms with E-state index < -0.39 is 0 Å². The molecule has 2 heterocycles. The molecule has 1 saturated heterocycles. The van der Waals surface area contributed by atoms with Crippen LogP contribution in [0.3, 0.4) is 0 Å². The highest BCUT2D eigenvalue weighted by Gasteiger charge is 2.15. The summed E-state index contributed by atoms with van der Waals surface area (Å²) in [6, 6.07) is 10.5. The third-order valence-corrected chi connectivity index (χ3v) is 3.64. The van der Waals surface area contributed by atoms with Crippen molar-refractivity contribution in [3.05, 3.63) is 48.2 Å². The topological polar surface area (TPSA) is 77.7 Å². The number of carbonyl (C=O) groups is 1. The number of ether oxygens (including phenoxy) is 2. The van der Waals surface area contributed by atoms with Crippen molar-refractivity contribution in [3.8, 4) is 11.5 Å². The molecule has 0 bridgehead atoms. The Morgan fingerprint density at radius 2 is 1.83 bits per heavy atom. The van der Waals surface area contributed by atoms with Gasteiger partial charge in [-0.05, 0) is 36.4 Å². The van der Waals surface area contributed by atoms with E-state index in [4.69, 9.17) is 15.2 Å². The molecule has 6 nitrogen and oxygen atoms in total. The average Bonchev–Trinajstić information content (AvgIpc) is 2.58. The lowest BCUT2D eigenvalue weighted by Crippen LogP contribution is -2.39. The van der Waals surface area contributed by atoms with Crippen LogP contribution in [0.2, 0.25) is 0 Å². The Morgan fingerprint density at radius 1 is 1.13 bits per heavy atom. The number of rotatable bonds is 5. The molecule has 0 unspecified atom stereocenters. The molecule has 2 N–H and O–H groups in total. The number of nitrogens with zero attached hydrogens (tertiary/aromatic N) is 2. The third kappa shape index (κ3) is 4.28. The number of hydrogen-bond acceptors (Lipinski definition) is 6. The van der Waals surface area contributed by atoms with Crippen LogP contribution in [0.4, 0.5) is 5.82 Å². The molecule has 0 radical (unpaired) electrons. The lowest BCUT2D eigenvalue weighted by molar-refractivity contribution is 0.0371. The van der Waals surface area contributed by atoms with E-state index in [1.807, 2.05) is 0 Å². The first kappa shape index (κ1) is 15.5. The molecule has 0 aliphatic carbocycles. The molecule has 0 amide bonds. The molecule has 1 aromatic heterocycles. The molecule has 0 spiro atoms. The number of ketones is 1. The minimum absolute atomic E-state index is 0.104. The summed E-state index contributed by atoms with van der Waals surface area (Å²) in [5.41, 5.74) is 6.21. The van der Waals surface area contributed by atoms with Gasteiger partial charge < -0.3 is 15.2 Å². The number of benzene rings is 1. The molecule has 1 aliphatic rings. The van der Waals surface area contributed by atoms with Crippen molar-refractivity contribution in [2.45, 2.75) is 0 Å². The molecule has 120 valence electrons. The van der Waals surface area contributed by atoms with Crippen LogP contribution in [0, 0.1) is 0 Å². The van der Waals surface area contributed by atoms with Crippen molar-refractivity contribution in [1.29, 1.82) is 0 Å². The van der Waals surface area contributed by atoms with Gasteiger partial charge in [0, 0.05) is 18.7 Å². The van der Waals surface area contributed by atoms with Crippen LogP contribution in [0.1, 0.15) is 10.4 Å². The summed E-state index contributed by atoms with van der Waals surface area (Å²) in [5.74, 6) is 1.81. The van der Waals surface area contributed by atoms with Crippen LogP contribution >= 0.6 is 0 Å². The van der Waals surface area contributed by atoms with Crippen molar-refractivity contribution in [2.24, 2.45) is 0 Å². The molecular formula is C17H19N3O3. The number of aromatic nitrogens is 1. The first-order valence-corrected chi connectivity index (χ1v) is 7.53. The van der Waals surface area contributed by atoms with Crippen molar-refractivity contribution in [1.82, 2.24) is 9.88 Å². The van der Waals surface area contributed by atoms with Gasteiger partial charge in [-0.25, -0.2) is 4.98 Å². The van der Waals surface area contributed by atoms with Gasteiger partial charge in [-0.15, -0.1) is 0 Å². The molecule has 1 aliphatic heterocycles. The minimum atomic E-state index is 0.104. The second-order valence-electron chi connectivity index (χ2n) is 5.36. The predicted molar refractivity (Wildman–Crippen MR) is 86.8 cm³/mol. The summed E-state index contributed by atoms with van der Waals surface area (Å²) in [5, 5.41) is 0. The van der Waals surface area contributed by atoms with Crippen molar-refractivity contribution >= 4 is 11.6 Å². The summed E-state index contributed by atoms with van der Waals surface area (Å²) < 4.78 is 10.9. The Labute approximate surface area is 134 Å². The number of anilines is 1. The summed E-state index contributed by atoms with van der Waals surface area (Å²) in [6.45, 7) is 3.41. The fourth-order valence-electron chi connectivity index (χ4n) is 2.35. The molecule has 1 fully saturated rings. The van der Waals surface area contributed by atoms with Gasteiger partial charge in [0.05, 0.1) is 26.0 Å². The number of carbonyl (C=O) groups excluding carboxylic acids is 1. The highest BCUT2D eigenvalue weighted by atomic mass is 16.5. The van der Waals surface area contributed by atoms with E-state index in [0.717, 1.165) is 13.1 Å². The smallest absolute Gasteiger partial charge is 0.176 e. The first-order valence-electron chi connectivity index (χ1n) is 7.53. The Morgan fingerprint density at radius 3 is 2.48 bits per heavy atom. The minimum Gasteiger partial charge on any atom is -0.456 e. The monoisotopic (exact) mass is 313 g/mol. The van der Waals surface area contributed by atoms with Gasteiger partial charge in [0.2, 0.25) is 0 Å². The lowest BCUT2D eigenvalue weighted by atomic mass is 10.1. The molecular weight excluding hydrogens is 294 g/mol. The van der Waals surface area contributed by atoms with Crippen molar-refractivity contribution < 1.29 is 14.3 Å². The van der Waals surface area contributed by atoms with Gasteiger partial charge in [0.25, 0.3) is 0 Å². The third-order valence-electron chi connectivity index (χ3n) is 3.64. The lowest BCUT2D eigenvalue weighted by Gasteiger charge is -2.25.